The number of aromatic nitrogens is 3. The number of hydrogen-bond acceptors (Lipinski definition) is 3. The van der Waals surface area contributed by atoms with E-state index in [1.165, 1.54) is 0 Å². The maximum atomic E-state index is 6.00. The molecule has 0 unspecified atom stereocenters. The number of pyridine rings is 1. The van der Waals surface area contributed by atoms with Crippen LogP contribution in [0.25, 0.3) is 22.3 Å². The number of nitrogens with zero attached hydrogens (tertiary/aromatic N) is 3. The monoisotopic (exact) mass is 241 g/mol. The van der Waals surface area contributed by atoms with E-state index in [2.05, 4.69) is 15.0 Å². The predicted octanol–water partition coefficient (Wildman–Crippen LogP) is 3.35. The van der Waals surface area contributed by atoms with Crippen LogP contribution in [0.1, 0.15) is 0 Å². The highest BCUT2D eigenvalue weighted by Gasteiger charge is 2.05. The minimum atomic E-state index is 0.382. The van der Waals surface area contributed by atoms with Gasteiger partial charge in [0.25, 0.3) is 0 Å². The Kier molecular flexibility index (Phi) is 2.46. The highest BCUT2D eigenvalue weighted by Crippen LogP contribution is 2.21. The van der Waals surface area contributed by atoms with Gasteiger partial charge in [-0.25, -0.2) is 9.97 Å². The summed E-state index contributed by atoms with van der Waals surface area (Å²) in [5, 5.41) is 0.382. The highest BCUT2D eigenvalue weighted by atomic mass is 35.5. The fraction of sp³-hybridized carbons (Fsp3) is 0. The predicted molar refractivity (Wildman–Crippen MR) is 67.8 cm³/mol. The minimum absolute atomic E-state index is 0.382. The standard InChI is InChI=1S/C13H8ClN3/c14-13-12-10(6-7-15-13)16-8-11(17-12)9-4-2-1-3-5-9/h1-8H. The molecule has 1 aromatic carbocycles. The van der Waals surface area contributed by atoms with Crippen molar-refractivity contribution in [2.45, 2.75) is 0 Å². The van der Waals surface area contributed by atoms with E-state index < -0.39 is 0 Å². The van der Waals surface area contributed by atoms with E-state index in [0.29, 0.717) is 10.7 Å². The van der Waals surface area contributed by atoms with Crippen LogP contribution < -0.4 is 0 Å². The molecule has 3 aromatic rings. The van der Waals surface area contributed by atoms with E-state index in [4.69, 9.17) is 11.6 Å². The fourth-order valence-electron chi connectivity index (χ4n) is 1.65. The van der Waals surface area contributed by atoms with Crippen molar-refractivity contribution in [1.29, 1.82) is 0 Å². The lowest BCUT2D eigenvalue weighted by Crippen LogP contribution is -1.90. The molecule has 0 N–H and O–H groups in total. The molecular formula is C13H8ClN3. The zero-order chi connectivity index (χ0) is 11.7. The molecule has 0 fully saturated rings. The van der Waals surface area contributed by atoms with E-state index in [-0.39, 0.29) is 0 Å². The molecule has 0 saturated heterocycles. The average molecular weight is 242 g/mol. The molecule has 2 aromatic heterocycles. The minimum Gasteiger partial charge on any atom is -0.252 e. The Bertz CT molecular complexity index is 668. The van der Waals surface area contributed by atoms with Crippen molar-refractivity contribution in [3.8, 4) is 11.3 Å². The van der Waals surface area contributed by atoms with Gasteiger partial charge in [0.2, 0.25) is 0 Å². The van der Waals surface area contributed by atoms with Gasteiger partial charge in [-0.05, 0) is 6.07 Å². The summed E-state index contributed by atoms with van der Waals surface area (Å²) in [6, 6.07) is 11.7. The number of halogens is 1. The van der Waals surface area contributed by atoms with Crippen LogP contribution in [0.3, 0.4) is 0 Å². The molecule has 0 saturated carbocycles. The molecule has 82 valence electrons. The maximum Gasteiger partial charge on any atom is 0.156 e. The van der Waals surface area contributed by atoms with Crippen LogP contribution in [0.2, 0.25) is 5.15 Å². The molecule has 0 bridgehead atoms. The Hall–Kier alpha value is -2.00. The van der Waals surface area contributed by atoms with Gasteiger partial charge >= 0.3 is 0 Å². The summed E-state index contributed by atoms with van der Waals surface area (Å²) in [6.45, 7) is 0. The summed E-state index contributed by atoms with van der Waals surface area (Å²) in [5.41, 5.74) is 3.20. The third-order valence-corrected chi connectivity index (χ3v) is 2.76. The van der Waals surface area contributed by atoms with Crippen LogP contribution in [0.4, 0.5) is 0 Å². The smallest absolute Gasteiger partial charge is 0.156 e. The molecule has 3 nitrogen and oxygen atoms in total. The van der Waals surface area contributed by atoms with Crippen LogP contribution in [0.5, 0.6) is 0 Å². The van der Waals surface area contributed by atoms with Gasteiger partial charge in [-0.15, -0.1) is 0 Å². The molecule has 17 heavy (non-hydrogen) atoms. The molecular weight excluding hydrogens is 234 g/mol. The summed E-state index contributed by atoms with van der Waals surface area (Å²) in [7, 11) is 0. The summed E-state index contributed by atoms with van der Waals surface area (Å²) < 4.78 is 0. The second-order valence-electron chi connectivity index (χ2n) is 3.59. The lowest BCUT2D eigenvalue weighted by Gasteiger charge is -2.02. The summed E-state index contributed by atoms with van der Waals surface area (Å²) in [5.74, 6) is 0. The molecule has 0 aliphatic rings. The number of fused-ring (bicyclic) bond motifs is 1. The van der Waals surface area contributed by atoms with Gasteiger partial charge in [0.15, 0.2) is 5.15 Å². The van der Waals surface area contributed by atoms with Crippen molar-refractivity contribution >= 4 is 22.6 Å². The number of rotatable bonds is 1. The Morgan fingerprint density at radius 2 is 1.76 bits per heavy atom. The average Bonchev–Trinajstić information content (AvgIpc) is 2.40. The van der Waals surface area contributed by atoms with Gasteiger partial charge in [-0.1, -0.05) is 41.9 Å². The van der Waals surface area contributed by atoms with Crippen LogP contribution in [-0.2, 0) is 0 Å². The quantitative estimate of drug-likeness (QED) is 0.614. The van der Waals surface area contributed by atoms with E-state index in [1.54, 1.807) is 18.5 Å². The van der Waals surface area contributed by atoms with Gasteiger partial charge in [-0.2, -0.15) is 0 Å². The Morgan fingerprint density at radius 3 is 2.59 bits per heavy atom. The largest absolute Gasteiger partial charge is 0.252 e. The van der Waals surface area contributed by atoms with Crippen LogP contribution in [-0.4, -0.2) is 15.0 Å². The lowest BCUT2D eigenvalue weighted by atomic mass is 10.1. The molecule has 0 aliphatic carbocycles. The van der Waals surface area contributed by atoms with E-state index >= 15 is 0 Å². The molecule has 4 heteroatoms. The van der Waals surface area contributed by atoms with Gasteiger partial charge < -0.3 is 0 Å². The molecule has 2 heterocycles. The second-order valence-corrected chi connectivity index (χ2v) is 3.95. The molecule has 0 spiro atoms. The van der Waals surface area contributed by atoms with Gasteiger partial charge in [0.1, 0.15) is 5.52 Å². The third kappa shape index (κ3) is 1.85. The summed E-state index contributed by atoms with van der Waals surface area (Å²) in [4.78, 5) is 12.8. The van der Waals surface area contributed by atoms with Crippen molar-refractivity contribution in [2.24, 2.45) is 0 Å². The first kappa shape index (κ1) is 10.2. The second kappa shape index (κ2) is 4.11. The van der Waals surface area contributed by atoms with Crippen molar-refractivity contribution in [2.75, 3.05) is 0 Å². The molecule has 0 amide bonds. The van der Waals surface area contributed by atoms with Crippen molar-refractivity contribution < 1.29 is 0 Å². The normalized spacial score (nSPS) is 10.6. The molecule has 3 rings (SSSR count). The lowest BCUT2D eigenvalue weighted by molar-refractivity contribution is 1.25. The van der Waals surface area contributed by atoms with Crippen LogP contribution in [0.15, 0.2) is 48.8 Å². The first-order chi connectivity index (χ1) is 8.34. The van der Waals surface area contributed by atoms with E-state index in [9.17, 15) is 0 Å². The summed E-state index contributed by atoms with van der Waals surface area (Å²) in [6.07, 6.45) is 3.37. The molecule has 0 radical (unpaired) electrons. The fourth-order valence-corrected chi connectivity index (χ4v) is 1.85. The molecule has 0 aliphatic heterocycles. The van der Waals surface area contributed by atoms with Crippen LogP contribution >= 0.6 is 11.6 Å². The Balaban J connectivity index is 2.23. The summed E-state index contributed by atoms with van der Waals surface area (Å²) >= 11 is 6.00. The van der Waals surface area contributed by atoms with Crippen molar-refractivity contribution in [3.63, 3.8) is 0 Å². The molecule has 0 atom stereocenters. The Labute approximate surface area is 103 Å². The van der Waals surface area contributed by atoms with Gasteiger partial charge in [0.05, 0.1) is 17.4 Å². The first-order valence-electron chi connectivity index (χ1n) is 5.17. The number of hydrogen-bond donors (Lipinski definition) is 0. The zero-order valence-electron chi connectivity index (χ0n) is 8.84. The topological polar surface area (TPSA) is 38.7 Å². The van der Waals surface area contributed by atoms with Crippen molar-refractivity contribution in [3.05, 3.63) is 53.9 Å². The van der Waals surface area contributed by atoms with Crippen molar-refractivity contribution in [1.82, 2.24) is 15.0 Å². The van der Waals surface area contributed by atoms with Gasteiger partial charge in [-0.3, -0.25) is 4.98 Å². The van der Waals surface area contributed by atoms with Crippen LogP contribution in [0, 0.1) is 0 Å². The van der Waals surface area contributed by atoms with E-state index in [1.807, 2.05) is 30.3 Å². The maximum absolute atomic E-state index is 6.00. The third-order valence-electron chi connectivity index (χ3n) is 2.49. The SMILES string of the molecule is Clc1nccc2ncc(-c3ccccc3)nc12. The zero-order valence-corrected chi connectivity index (χ0v) is 9.59. The highest BCUT2D eigenvalue weighted by molar-refractivity contribution is 6.33. The Morgan fingerprint density at radius 1 is 0.941 bits per heavy atom. The number of benzene rings is 1. The van der Waals surface area contributed by atoms with Gasteiger partial charge in [0, 0.05) is 11.8 Å². The van der Waals surface area contributed by atoms with E-state index in [0.717, 1.165) is 16.8 Å². The first-order valence-corrected chi connectivity index (χ1v) is 5.55.